The first kappa shape index (κ1) is 10.8. The van der Waals surface area contributed by atoms with E-state index in [-0.39, 0.29) is 0 Å². The fourth-order valence-corrected chi connectivity index (χ4v) is 1.49. The molecule has 0 saturated carbocycles. The van der Waals surface area contributed by atoms with Gasteiger partial charge in [0.2, 0.25) is 0 Å². The monoisotopic (exact) mass is 235 g/mol. The van der Waals surface area contributed by atoms with Crippen LogP contribution < -0.4 is 11.5 Å². The third-order valence-corrected chi connectivity index (χ3v) is 2.32. The molecule has 1 unspecified atom stereocenters. The van der Waals surface area contributed by atoms with Crippen LogP contribution >= 0.6 is 11.6 Å². The van der Waals surface area contributed by atoms with E-state index in [9.17, 15) is 0 Å². The van der Waals surface area contributed by atoms with Crippen molar-refractivity contribution in [3.05, 3.63) is 47.1 Å². The summed E-state index contributed by atoms with van der Waals surface area (Å²) in [6, 6.07) is 2.87. The minimum absolute atomic E-state index is 0.337. The van der Waals surface area contributed by atoms with Crippen molar-refractivity contribution in [3.8, 4) is 0 Å². The number of halogens is 1. The Kier molecular flexibility index (Phi) is 2.98. The van der Waals surface area contributed by atoms with Crippen LogP contribution in [0, 0.1) is 0 Å². The Bertz CT molecular complexity index is 488. The number of hydrogen-bond acceptors (Lipinski definition) is 5. The summed E-state index contributed by atoms with van der Waals surface area (Å²) in [5, 5.41) is 0.482. The van der Waals surface area contributed by atoms with Crippen LogP contribution in [0.3, 0.4) is 0 Å². The molecule has 0 aliphatic carbocycles. The lowest BCUT2D eigenvalue weighted by molar-refractivity contribution is 0.779. The summed E-state index contributed by atoms with van der Waals surface area (Å²) < 4.78 is 0. The second kappa shape index (κ2) is 4.42. The standard InChI is InChI=1S/C10H10ClN5/c11-6-4-7(9(13)16-5-6)8(12)10-14-2-1-3-15-10/h1-5,8H,12H2,(H2,13,16). The lowest BCUT2D eigenvalue weighted by Crippen LogP contribution is -2.17. The van der Waals surface area contributed by atoms with Crippen molar-refractivity contribution >= 4 is 17.4 Å². The van der Waals surface area contributed by atoms with E-state index >= 15 is 0 Å². The zero-order chi connectivity index (χ0) is 11.5. The van der Waals surface area contributed by atoms with Crippen LogP contribution in [0.15, 0.2) is 30.7 Å². The van der Waals surface area contributed by atoms with Gasteiger partial charge in [-0.05, 0) is 12.1 Å². The van der Waals surface area contributed by atoms with Crippen LogP contribution in [0.25, 0.3) is 0 Å². The molecule has 16 heavy (non-hydrogen) atoms. The van der Waals surface area contributed by atoms with Crippen LogP contribution in [-0.2, 0) is 0 Å². The molecule has 0 amide bonds. The molecule has 2 rings (SSSR count). The second-order valence-electron chi connectivity index (χ2n) is 3.21. The lowest BCUT2D eigenvalue weighted by atomic mass is 10.1. The van der Waals surface area contributed by atoms with Crippen LogP contribution in [0.1, 0.15) is 17.4 Å². The molecule has 0 bridgehead atoms. The van der Waals surface area contributed by atoms with Gasteiger partial charge in [-0.1, -0.05) is 11.6 Å². The Morgan fingerprint density at radius 1 is 1.19 bits per heavy atom. The van der Waals surface area contributed by atoms with E-state index in [0.717, 1.165) is 0 Å². The van der Waals surface area contributed by atoms with E-state index < -0.39 is 6.04 Å². The molecule has 82 valence electrons. The number of rotatable bonds is 2. The molecule has 4 N–H and O–H groups in total. The Balaban J connectivity index is 2.41. The highest BCUT2D eigenvalue weighted by Crippen LogP contribution is 2.23. The van der Waals surface area contributed by atoms with Crippen molar-refractivity contribution in [2.75, 3.05) is 5.73 Å². The van der Waals surface area contributed by atoms with E-state index in [1.807, 2.05) is 0 Å². The van der Waals surface area contributed by atoms with Gasteiger partial charge in [0.15, 0.2) is 0 Å². The first-order chi connectivity index (χ1) is 7.68. The predicted molar refractivity (Wildman–Crippen MR) is 61.7 cm³/mol. The molecule has 0 aliphatic heterocycles. The quantitative estimate of drug-likeness (QED) is 0.815. The molecule has 0 spiro atoms. The molecule has 0 aliphatic rings. The third-order valence-electron chi connectivity index (χ3n) is 2.12. The van der Waals surface area contributed by atoms with Gasteiger partial charge in [0, 0.05) is 24.2 Å². The van der Waals surface area contributed by atoms with E-state index in [2.05, 4.69) is 15.0 Å². The highest BCUT2D eigenvalue weighted by molar-refractivity contribution is 6.30. The summed E-state index contributed by atoms with van der Waals surface area (Å²) in [6.45, 7) is 0. The molecule has 6 heteroatoms. The van der Waals surface area contributed by atoms with Gasteiger partial charge in [-0.2, -0.15) is 0 Å². The first-order valence-electron chi connectivity index (χ1n) is 4.62. The minimum Gasteiger partial charge on any atom is -0.383 e. The fraction of sp³-hybridized carbons (Fsp3) is 0.100. The van der Waals surface area contributed by atoms with Crippen LogP contribution in [0.2, 0.25) is 5.02 Å². The SMILES string of the molecule is Nc1ncc(Cl)cc1C(N)c1ncccn1. The molecular weight excluding hydrogens is 226 g/mol. The molecule has 0 saturated heterocycles. The number of anilines is 1. The smallest absolute Gasteiger partial charge is 0.149 e. The van der Waals surface area contributed by atoms with Crippen LogP contribution in [-0.4, -0.2) is 15.0 Å². The highest BCUT2D eigenvalue weighted by atomic mass is 35.5. The molecule has 2 aromatic heterocycles. The minimum atomic E-state index is -0.521. The molecule has 5 nitrogen and oxygen atoms in total. The normalized spacial score (nSPS) is 12.4. The van der Waals surface area contributed by atoms with E-state index in [0.29, 0.717) is 22.2 Å². The van der Waals surface area contributed by atoms with Crippen LogP contribution in [0.4, 0.5) is 5.82 Å². The van der Waals surface area contributed by atoms with Crippen molar-refractivity contribution in [2.24, 2.45) is 5.73 Å². The largest absolute Gasteiger partial charge is 0.383 e. The summed E-state index contributed by atoms with van der Waals surface area (Å²) >= 11 is 5.83. The topological polar surface area (TPSA) is 90.7 Å². The van der Waals surface area contributed by atoms with Gasteiger partial charge in [-0.25, -0.2) is 15.0 Å². The number of nitrogen functional groups attached to an aromatic ring is 1. The first-order valence-corrected chi connectivity index (χ1v) is 4.99. The van der Waals surface area contributed by atoms with Gasteiger partial charge in [0.25, 0.3) is 0 Å². The summed E-state index contributed by atoms with van der Waals surface area (Å²) in [5.74, 6) is 0.822. The van der Waals surface area contributed by atoms with Gasteiger partial charge in [0.05, 0.1) is 11.1 Å². The van der Waals surface area contributed by atoms with Gasteiger partial charge in [-0.3, -0.25) is 0 Å². The molecule has 1 atom stereocenters. The summed E-state index contributed by atoms with van der Waals surface area (Å²) in [5.41, 5.74) is 12.3. The zero-order valence-corrected chi connectivity index (χ0v) is 9.09. The van der Waals surface area contributed by atoms with E-state index in [1.165, 1.54) is 6.20 Å². The second-order valence-corrected chi connectivity index (χ2v) is 3.65. The zero-order valence-electron chi connectivity index (χ0n) is 8.34. The molecule has 0 radical (unpaired) electrons. The van der Waals surface area contributed by atoms with Crippen molar-refractivity contribution in [2.45, 2.75) is 6.04 Å². The van der Waals surface area contributed by atoms with Gasteiger partial charge in [-0.15, -0.1) is 0 Å². The average Bonchev–Trinajstić information content (AvgIpc) is 2.32. The van der Waals surface area contributed by atoms with Crippen molar-refractivity contribution in [1.82, 2.24) is 15.0 Å². The van der Waals surface area contributed by atoms with Gasteiger partial charge < -0.3 is 11.5 Å². The number of pyridine rings is 1. The molecule has 2 aromatic rings. The average molecular weight is 236 g/mol. The highest BCUT2D eigenvalue weighted by Gasteiger charge is 2.15. The number of nitrogens with zero attached hydrogens (tertiary/aromatic N) is 3. The summed E-state index contributed by atoms with van der Waals surface area (Å²) in [7, 11) is 0. The number of nitrogens with two attached hydrogens (primary N) is 2. The molecular formula is C10H10ClN5. The fourth-order valence-electron chi connectivity index (χ4n) is 1.32. The Morgan fingerprint density at radius 2 is 1.88 bits per heavy atom. The van der Waals surface area contributed by atoms with Crippen molar-refractivity contribution < 1.29 is 0 Å². The van der Waals surface area contributed by atoms with E-state index in [1.54, 1.807) is 24.5 Å². The molecule has 2 heterocycles. The maximum absolute atomic E-state index is 5.98. The molecule has 0 aromatic carbocycles. The van der Waals surface area contributed by atoms with E-state index in [4.69, 9.17) is 23.1 Å². The van der Waals surface area contributed by atoms with Gasteiger partial charge >= 0.3 is 0 Å². The Hall–Kier alpha value is -1.72. The number of hydrogen-bond donors (Lipinski definition) is 2. The lowest BCUT2D eigenvalue weighted by Gasteiger charge is -2.12. The maximum Gasteiger partial charge on any atom is 0.149 e. The van der Waals surface area contributed by atoms with Gasteiger partial charge in [0.1, 0.15) is 11.6 Å². The van der Waals surface area contributed by atoms with Crippen molar-refractivity contribution in [1.29, 1.82) is 0 Å². The summed E-state index contributed by atoms with van der Waals surface area (Å²) in [4.78, 5) is 12.1. The molecule has 0 fully saturated rings. The predicted octanol–water partition coefficient (Wildman–Crippen LogP) is 1.16. The van der Waals surface area contributed by atoms with Crippen molar-refractivity contribution in [3.63, 3.8) is 0 Å². The summed E-state index contributed by atoms with van der Waals surface area (Å²) in [6.07, 6.45) is 4.71. The Labute approximate surface area is 97.5 Å². The van der Waals surface area contributed by atoms with Crippen LogP contribution in [0.5, 0.6) is 0 Å². The number of aromatic nitrogens is 3. The third kappa shape index (κ3) is 2.10. The maximum atomic E-state index is 5.98. The Morgan fingerprint density at radius 3 is 2.56 bits per heavy atom.